The molecular weight excluding hydrogens is 272 g/mol. The van der Waals surface area contributed by atoms with Crippen LogP contribution in [0.5, 0.6) is 0 Å². The van der Waals surface area contributed by atoms with Gasteiger partial charge in [0.25, 0.3) is 0 Å². The summed E-state index contributed by atoms with van der Waals surface area (Å²) in [4.78, 5) is 17.2. The summed E-state index contributed by atoms with van der Waals surface area (Å²) in [5.41, 5.74) is 1.35. The highest BCUT2D eigenvalue weighted by Crippen LogP contribution is 2.22. The third-order valence-corrected chi connectivity index (χ3v) is 5.25. The van der Waals surface area contributed by atoms with Crippen molar-refractivity contribution in [3.05, 3.63) is 35.9 Å². The second-order valence-electron chi connectivity index (χ2n) is 7.03. The van der Waals surface area contributed by atoms with Crippen LogP contribution in [0.3, 0.4) is 0 Å². The first-order valence-corrected chi connectivity index (χ1v) is 8.78. The molecule has 1 atom stereocenters. The molecule has 2 aliphatic rings. The van der Waals surface area contributed by atoms with Crippen LogP contribution in [0, 0.1) is 5.92 Å². The number of benzene rings is 1. The van der Waals surface area contributed by atoms with Crippen LogP contribution in [0.1, 0.15) is 38.2 Å². The number of nitrogens with zero attached hydrogens (tertiary/aromatic N) is 2. The van der Waals surface area contributed by atoms with E-state index in [0.717, 1.165) is 44.8 Å². The molecule has 0 spiro atoms. The predicted molar refractivity (Wildman–Crippen MR) is 89.7 cm³/mol. The number of amides is 1. The molecule has 1 amide bonds. The third-order valence-electron chi connectivity index (χ3n) is 5.25. The number of carbonyl (C=O) groups is 1. The Morgan fingerprint density at radius 3 is 2.55 bits per heavy atom. The van der Waals surface area contributed by atoms with Gasteiger partial charge in [-0.2, -0.15) is 0 Å². The van der Waals surface area contributed by atoms with Gasteiger partial charge in [0.05, 0.1) is 6.54 Å². The number of rotatable bonds is 4. The standard InChI is InChI=1S/C19H28N2O/c1-16-9-12-20(13-10-16)15-19(22)21-11-5-8-18(21)14-17-6-3-2-4-7-17/h2-4,6-7,16,18H,5,8-15H2,1H3. The zero-order chi connectivity index (χ0) is 15.4. The van der Waals surface area contributed by atoms with Gasteiger partial charge in [-0.3, -0.25) is 9.69 Å². The van der Waals surface area contributed by atoms with E-state index >= 15 is 0 Å². The molecule has 3 rings (SSSR count). The first-order valence-electron chi connectivity index (χ1n) is 8.78. The molecule has 3 heteroatoms. The predicted octanol–water partition coefficient (Wildman–Crippen LogP) is 2.95. The van der Waals surface area contributed by atoms with Gasteiger partial charge in [-0.15, -0.1) is 0 Å². The minimum Gasteiger partial charge on any atom is -0.338 e. The van der Waals surface area contributed by atoms with Gasteiger partial charge in [0.2, 0.25) is 5.91 Å². The van der Waals surface area contributed by atoms with Crippen molar-refractivity contribution in [3.63, 3.8) is 0 Å². The molecule has 0 aromatic heterocycles. The van der Waals surface area contributed by atoms with Crippen LogP contribution in [0.25, 0.3) is 0 Å². The zero-order valence-electron chi connectivity index (χ0n) is 13.7. The molecule has 0 bridgehead atoms. The number of hydrogen-bond donors (Lipinski definition) is 0. The monoisotopic (exact) mass is 300 g/mol. The van der Waals surface area contributed by atoms with E-state index in [1.807, 2.05) is 0 Å². The summed E-state index contributed by atoms with van der Waals surface area (Å²) in [5.74, 6) is 1.16. The Hall–Kier alpha value is -1.35. The smallest absolute Gasteiger partial charge is 0.237 e. The first-order chi connectivity index (χ1) is 10.7. The second-order valence-corrected chi connectivity index (χ2v) is 7.03. The molecule has 1 unspecified atom stereocenters. The molecule has 2 saturated heterocycles. The molecule has 3 nitrogen and oxygen atoms in total. The van der Waals surface area contributed by atoms with Crippen LogP contribution in [0.2, 0.25) is 0 Å². The summed E-state index contributed by atoms with van der Waals surface area (Å²) in [6.07, 6.45) is 5.78. The fraction of sp³-hybridized carbons (Fsp3) is 0.632. The molecule has 0 aliphatic carbocycles. The molecule has 22 heavy (non-hydrogen) atoms. The van der Waals surface area contributed by atoms with E-state index in [1.54, 1.807) is 0 Å². The Labute approximate surface area is 134 Å². The maximum atomic E-state index is 12.7. The van der Waals surface area contributed by atoms with Crippen molar-refractivity contribution in [2.24, 2.45) is 5.92 Å². The lowest BCUT2D eigenvalue weighted by Crippen LogP contribution is -2.45. The molecule has 1 aromatic rings. The minimum absolute atomic E-state index is 0.341. The van der Waals surface area contributed by atoms with E-state index < -0.39 is 0 Å². The van der Waals surface area contributed by atoms with Gasteiger partial charge in [0, 0.05) is 12.6 Å². The van der Waals surface area contributed by atoms with Crippen molar-refractivity contribution in [2.45, 2.75) is 45.1 Å². The van der Waals surface area contributed by atoms with Crippen molar-refractivity contribution in [1.29, 1.82) is 0 Å². The van der Waals surface area contributed by atoms with E-state index in [0.29, 0.717) is 18.5 Å². The van der Waals surface area contributed by atoms with Gasteiger partial charge >= 0.3 is 0 Å². The Bertz CT molecular complexity index is 479. The summed E-state index contributed by atoms with van der Waals surface area (Å²) in [6, 6.07) is 11.0. The first kappa shape index (κ1) is 15.5. The molecule has 0 saturated carbocycles. The summed E-state index contributed by atoms with van der Waals surface area (Å²) in [5, 5.41) is 0. The fourth-order valence-corrected chi connectivity index (χ4v) is 3.76. The van der Waals surface area contributed by atoms with Crippen LogP contribution in [-0.4, -0.2) is 47.9 Å². The summed E-state index contributed by atoms with van der Waals surface area (Å²) in [7, 11) is 0. The number of hydrogen-bond acceptors (Lipinski definition) is 2. The quantitative estimate of drug-likeness (QED) is 0.853. The lowest BCUT2D eigenvalue weighted by molar-refractivity contribution is -0.133. The normalized spacial score (nSPS) is 23.9. The van der Waals surface area contributed by atoms with Crippen molar-refractivity contribution in [2.75, 3.05) is 26.2 Å². The summed E-state index contributed by atoms with van der Waals surface area (Å²) in [6.45, 7) is 6.06. The minimum atomic E-state index is 0.341. The largest absolute Gasteiger partial charge is 0.338 e. The number of likely N-dealkylation sites (tertiary alicyclic amines) is 2. The van der Waals surface area contributed by atoms with E-state index in [1.165, 1.54) is 18.4 Å². The Morgan fingerprint density at radius 1 is 1.09 bits per heavy atom. The van der Waals surface area contributed by atoms with Gasteiger partial charge in [-0.05, 0) is 56.7 Å². The molecule has 0 radical (unpaired) electrons. The maximum absolute atomic E-state index is 12.7. The molecule has 2 aliphatic heterocycles. The van der Waals surface area contributed by atoms with Crippen LogP contribution < -0.4 is 0 Å². The van der Waals surface area contributed by atoms with Crippen LogP contribution >= 0.6 is 0 Å². The van der Waals surface area contributed by atoms with Crippen molar-refractivity contribution in [3.8, 4) is 0 Å². The van der Waals surface area contributed by atoms with E-state index in [4.69, 9.17) is 0 Å². The highest BCUT2D eigenvalue weighted by molar-refractivity contribution is 5.79. The summed E-state index contributed by atoms with van der Waals surface area (Å²) < 4.78 is 0. The molecule has 120 valence electrons. The number of piperidine rings is 1. The van der Waals surface area contributed by atoms with Gasteiger partial charge in [-0.25, -0.2) is 0 Å². The van der Waals surface area contributed by atoms with Crippen molar-refractivity contribution >= 4 is 5.91 Å². The lowest BCUT2D eigenvalue weighted by atomic mass is 9.99. The lowest BCUT2D eigenvalue weighted by Gasteiger charge is -2.32. The third kappa shape index (κ3) is 3.89. The molecule has 2 heterocycles. The van der Waals surface area contributed by atoms with Crippen molar-refractivity contribution in [1.82, 2.24) is 9.80 Å². The van der Waals surface area contributed by atoms with Gasteiger partial charge in [0.1, 0.15) is 0 Å². The Morgan fingerprint density at radius 2 is 1.82 bits per heavy atom. The average Bonchev–Trinajstić information content (AvgIpc) is 2.99. The van der Waals surface area contributed by atoms with Crippen LogP contribution in [0.15, 0.2) is 30.3 Å². The molecule has 1 aromatic carbocycles. The molecule has 2 fully saturated rings. The van der Waals surface area contributed by atoms with Crippen molar-refractivity contribution < 1.29 is 4.79 Å². The zero-order valence-corrected chi connectivity index (χ0v) is 13.7. The van der Waals surface area contributed by atoms with E-state index in [2.05, 4.69) is 47.1 Å². The number of carbonyl (C=O) groups excluding carboxylic acids is 1. The van der Waals surface area contributed by atoms with Gasteiger partial charge in [-0.1, -0.05) is 37.3 Å². The second kappa shape index (κ2) is 7.28. The van der Waals surface area contributed by atoms with Crippen LogP contribution in [0.4, 0.5) is 0 Å². The highest BCUT2D eigenvalue weighted by atomic mass is 16.2. The highest BCUT2D eigenvalue weighted by Gasteiger charge is 2.30. The Kier molecular flexibility index (Phi) is 5.14. The molecule has 0 N–H and O–H groups in total. The fourth-order valence-electron chi connectivity index (χ4n) is 3.76. The van der Waals surface area contributed by atoms with Crippen LogP contribution in [-0.2, 0) is 11.2 Å². The van der Waals surface area contributed by atoms with Gasteiger partial charge < -0.3 is 4.90 Å². The average molecular weight is 300 g/mol. The van der Waals surface area contributed by atoms with E-state index in [-0.39, 0.29) is 0 Å². The topological polar surface area (TPSA) is 23.6 Å². The molecular formula is C19H28N2O. The van der Waals surface area contributed by atoms with E-state index in [9.17, 15) is 4.79 Å². The SMILES string of the molecule is CC1CCN(CC(=O)N2CCCC2Cc2ccccc2)CC1. The summed E-state index contributed by atoms with van der Waals surface area (Å²) >= 11 is 0. The Balaban J connectivity index is 1.54. The maximum Gasteiger partial charge on any atom is 0.237 e. The van der Waals surface area contributed by atoms with Gasteiger partial charge in [0.15, 0.2) is 0 Å².